The second-order valence-corrected chi connectivity index (χ2v) is 5.02. The Bertz CT molecular complexity index is 505. The SMILES string of the molecule is Cc1ccc(NCCc2cnn(C)c2)cc1Br. The van der Waals surface area contributed by atoms with Crippen LogP contribution in [0.5, 0.6) is 0 Å². The fourth-order valence-electron chi connectivity index (χ4n) is 1.65. The Labute approximate surface area is 110 Å². The van der Waals surface area contributed by atoms with Gasteiger partial charge in [-0.3, -0.25) is 4.68 Å². The predicted octanol–water partition coefficient (Wildman–Crippen LogP) is 3.15. The van der Waals surface area contributed by atoms with Gasteiger partial charge < -0.3 is 5.32 Å². The van der Waals surface area contributed by atoms with E-state index in [1.807, 2.05) is 24.1 Å². The van der Waals surface area contributed by atoms with Gasteiger partial charge in [-0.25, -0.2) is 0 Å². The Morgan fingerprint density at radius 1 is 1.41 bits per heavy atom. The Balaban J connectivity index is 1.87. The van der Waals surface area contributed by atoms with Crippen molar-refractivity contribution in [2.75, 3.05) is 11.9 Å². The van der Waals surface area contributed by atoms with E-state index in [0.717, 1.165) is 23.1 Å². The highest BCUT2D eigenvalue weighted by Crippen LogP contribution is 2.20. The number of anilines is 1. The number of aryl methyl sites for hydroxylation is 2. The second kappa shape index (κ2) is 5.36. The molecule has 1 aromatic carbocycles. The summed E-state index contributed by atoms with van der Waals surface area (Å²) in [6.07, 6.45) is 4.94. The molecule has 0 amide bonds. The third kappa shape index (κ3) is 3.33. The summed E-state index contributed by atoms with van der Waals surface area (Å²) < 4.78 is 2.97. The molecule has 0 bridgehead atoms. The molecule has 0 radical (unpaired) electrons. The van der Waals surface area contributed by atoms with Gasteiger partial charge in [-0.2, -0.15) is 5.10 Å². The number of rotatable bonds is 4. The zero-order valence-electron chi connectivity index (χ0n) is 10.1. The smallest absolute Gasteiger partial charge is 0.0522 e. The largest absolute Gasteiger partial charge is 0.385 e. The summed E-state index contributed by atoms with van der Waals surface area (Å²) in [6.45, 7) is 3.00. The summed E-state index contributed by atoms with van der Waals surface area (Å²) in [5.41, 5.74) is 3.65. The van der Waals surface area contributed by atoms with Crippen LogP contribution in [-0.2, 0) is 13.5 Å². The molecule has 0 atom stereocenters. The minimum absolute atomic E-state index is 0.918. The van der Waals surface area contributed by atoms with E-state index in [1.165, 1.54) is 11.1 Å². The number of benzene rings is 1. The molecule has 0 saturated heterocycles. The van der Waals surface area contributed by atoms with Crippen LogP contribution in [-0.4, -0.2) is 16.3 Å². The summed E-state index contributed by atoms with van der Waals surface area (Å²) in [5, 5.41) is 7.55. The van der Waals surface area contributed by atoms with E-state index < -0.39 is 0 Å². The standard InChI is InChI=1S/C13H16BrN3/c1-10-3-4-12(7-13(10)14)15-6-5-11-8-16-17(2)9-11/h3-4,7-9,15H,5-6H2,1-2H3. The van der Waals surface area contributed by atoms with Gasteiger partial charge >= 0.3 is 0 Å². The number of nitrogens with zero attached hydrogens (tertiary/aromatic N) is 2. The van der Waals surface area contributed by atoms with E-state index in [2.05, 4.69) is 51.5 Å². The van der Waals surface area contributed by atoms with Gasteiger partial charge in [0.05, 0.1) is 6.20 Å². The van der Waals surface area contributed by atoms with Crippen LogP contribution in [0.1, 0.15) is 11.1 Å². The zero-order chi connectivity index (χ0) is 12.3. The maximum Gasteiger partial charge on any atom is 0.0522 e. The van der Waals surface area contributed by atoms with Crippen molar-refractivity contribution in [1.82, 2.24) is 9.78 Å². The normalized spacial score (nSPS) is 10.5. The van der Waals surface area contributed by atoms with E-state index in [1.54, 1.807) is 0 Å². The van der Waals surface area contributed by atoms with Crippen molar-refractivity contribution in [1.29, 1.82) is 0 Å². The van der Waals surface area contributed by atoms with E-state index in [0.29, 0.717) is 0 Å². The molecule has 0 aliphatic carbocycles. The Morgan fingerprint density at radius 3 is 2.88 bits per heavy atom. The van der Waals surface area contributed by atoms with E-state index in [4.69, 9.17) is 0 Å². The van der Waals surface area contributed by atoms with Gasteiger partial charge in [0.2, 0.25) is 0 Å². The van der Waals surface area contributed by atoms with Crippen molar-refractivity contribution in [2.24, 2.45) is 7.05 Å². The van der Waals surface area contributed by atoms with Crippen LogP contribution in [0.4, 0.5) is 5.69 Å². The van der Waals surface area contributed by atoms with Gasteiger partial charge in [0, 0.05) is 29.9 Å². The first-order chi connectivity index (χ1) is 8.15. The number of hydrogen-bond acceptors (Lipinski definition) is 2. The van der Waals surface area contributed by atoms with Crippen LogP contribution >= 0.6 is 15.9 Å². The lowest BCUT2D eigenvalue weighted by molar-refractivity contribution is 0.767. The Kier molecular flexibility index (Phi) is 3.84. The molecule has 1 heterocycles. The maximum atomic E-state index is 4.15. The van der Waals surface area contributed by atoms with E-state index in [-0.39, 0.29) is 0 Å². The molecule has 0 fully saturated rings. The quantitative estimate of drug-likeness (QED) is 0.939. The molecule has 0 aliphatic heterocycles. The second-order valence-electron chi connectivity index (χ2n) is 4.16. The minimum Gasteiger partial charge on any atom is -0.385 e. The molecule has 0 saturated carbocycles. The van der Waals surface area contributed by atoms with Gasteiger partial charge in [-0.05, 0) is 36.6 Å². The van der Waals surface area contributed by atoms with Gasteiger partial charge in [-0.1, -0.05) is 22.0 Å². The van der Waals surface area contributed by atoms with Gasteiger partial charge in [0.1, 0.15) is 0 Å². The molecule has 2 rings (SSSR count). The summed E-state index contributed by atoms with van der Waals surface area (Å²) in [5.74, 6) is 0. The third-order valence-electron chi connectivity index (χ3n) is 2.67. The molecule has 2 aromatic rings. The average molecular weight is 294 g/mol. The number of halogens is 1. The first-order valence-corrected chi connectivity index (χ1v) is 6.42. The molecule has 0 spiro atoms. The van der Waals surface area contributed by atoms with Crippen LogP contribution in [0.3, 0.4) is 0 Å². The minimum atomic E-state index is 0.918. The van der Waals surface area contributed by atoms with Crippen LogP contribution in [0.15, 0.2) is 35.1 Å². The molecule has 17 heavy (non-hydrogen) atoms. The molecule has 0 aliphatic rings. The van der Waals surface area contributed by atoms with Gasteiger partial charge in [-0.15, -0.1) is 0 Å². The topological polar surface area (TPSA) is 29.9 Å². The van der Waals surface area contributed by atoms with Crippen molar-refractivity contribution in [2.45, 2.75) is 13.3 Å². The monoisotopic (exact) mass is 293 g/mol. The molecule has 4 heteroatoms. The van der Waals surface area contributed by atoms with Crippen molar-refractivity contribution in [3.8, 4) is 0 Å². The molecule has 0 unspecified atom stereocenters. The average Bonchev–Trinajstić information content (AvgIpc) is 2.70. The molecule has 1 N–H and O–H groups in total. The summed E-state index contributed by atoms with van der Waals surface area (Å²) in [4.78, 5) is 0. The lowest BCUT2D eigenvalue weighted by Gasteiger charge is -2.07. The molecular weight excluding hydrogens is 278 g/mol. The highest BCUT2D eigenvalue weighted by molar-refractivity contribution is 9.10. The maximum absolute atomic E-state index is 4.15. The number of aromatic nitrogens is 2. The van der Waals surface area contributed by atoms with E-state index in [9.17, 15) is 0 Å². The zero-order valence-corrected chi connectivity index (χ0v) is 11.7. The van der Waals surface area contributed by atoms with Crippen molar-refractivity contribution in [3.63, 3.8) is 0 Å². The van der Waals surface area contributed by atoms with Gasteiger partial charge in [0.15, 0.2) is 0 Å². The highest BCUT2D eigenvalue weighted by Gasteiger charge is 1.98. The summed E-state index contributed by atoms with van der Waals surface area (Å²) in [7, 11) is 1.94. The summed E-state index contributed by atoms with van der Waals surface area (Å²) >= 11 is 3.53. The molecule has 1 aromatic heterocycles. The molecule has 90 valence electrons. The van der Waals surface area contributed by atoms with Crippen LogP contribution < -0.4 is 5.32 Å². The van der Waals surface area contributed by atoms with Crippen LogP contribution in [0.2, 0.25) is 0 Å². The van der Waals surface area contributed by atoms with Crippen LogP contribution in [0.25, 0.3) is 0 Å². The molecular formula is C13H16BrN3. The van der Waals surface area contributed by atoms with Crippen LogP contribution in [0, 0.1) is 6.92 Å². The van der Waals surface area contributed by atoms with Crippen molar-refractivity contribution in [3.05, 3.63) is 46.2 Å². The fourth-order valence-corrected chi connectivity index (χ4v) is 2.03. The number of hydrogen-bond donors (Lipinski definition) is 1. The number of nitrogens with one attached hydrogen (secondary N) is 1. The van der Waals surface area contributed by atoms with E-state index >= 15 is 0 Å². The van der Waals surface area contributed by atoms with Crippen molar-refractivity contribution >= 4 is 21.6 Å². The Morgan fingerprint density at radius 2 is 2.24 bits per heavy atom. The lowest BCUT2D eigenvalue weighted by Crippen LogP contribution is -2.04. The van der Waals surface area contributed by atoms with Crippen molar-refractivity contribution < 1.29 is 0 Å². The Hall–Kier alpha value is -1.29. The lowest BCUT2D eigenvalue weighted by atomic mass is 10.2. The van der Waals surface area contributed by atoms with Gasteiger partial charge in [0.25, 0.3) is 0 Å². The third-order valence-corrected chi connectivity index (χ3v) is 3.53. The predicted molar refractivity (Wildman–Crippen MR) is 74.3 cm³/mol. The first-order valence-electron chi connectivity index (χ1n) is 5.63. The molecule has 3 nitrogen and oxygen atoms in total. The highest BCUT2D eigenvalue weighted by atomic mass is 79.9. The fraction of sp³-hybridized carbons (Fsp3) is 0.308. The first kappa shape index (κ1) is 12.2. The summed E-state index contributed by atoms with van der Waals surface area (Å²) in [6, 6.07) is 6.32.